The number of aromatic nitrogens is 2. The van der Waals surface area contributed by atoms with E-state index in [-0.39, 0.29) is 17.7 Å². The SMILES string of the molecule is CCCCN1C(=O)C(C(O)C(C)C)NC(=O)C12CCN(Cc1c(C)nn(C3CCCCC3)c1C)CC2. The minimum absolute atomic E-state index is 0.0972. The monoisotopic (exact) mass is 501 g/mol. The third-order valence-electron chi connectivity index (χ3n) is 8.98. The zero-order valence-corrected chi connectivity index (χ0v) is 23.1. The summed E-state index contributed by atoms with van der Waals surface area (Å²) in [5.74, 6) is -0.331. The van der Waals surface area contributed by atoms with Crippen molar-refractivity contribution < 1.29 is 14.7 Å². The molecule has 8 nitrogen and oxygen atoms in total. The summed E-state index contributed by atoms with van der Waals surface area (Å²) in [5.41, 5.74) is 2.88. The lowest BCUT2D eigenvalue weighted by Crippen LogP contribution is -2.74. The molecule has 4 rings (SSSR count). The molecule has 2 aliphatic heterocycles. The Morgan fingerprint density at radius 3 is 2.39 bits per heavy atom. The number of piperazine rings is 1. The molecule has 3 fully saturated rings. The van der Waals surface area contributed by atoms with Crippen molar-refractivity contribution in [3.8, 4) is 0 Å². The normalized spacial score (nSPS) is 24.5. The molecule has 1 aliphatic carbocycles. The molecule has 1 saturated carbocycles. The number of hydrogen-bond donors (Lipinski definition) is 2. The number of nitrogens with zero attached hydrogens (tertiary/aromatic N) is 4. The molecule has 3 heterocycles. The molecular weight excluding hydrogens is 454 g/mol. The molecule has 0 radical (unpaired) electrons. The highest BCUT2D eigenvalue weighted by atomic mass is 16.3. The Kier molecular flexibility index (Phi) is 8.45. The summed E-state index contributed by atoms with van der Waals surface area (Å²) in [5, 5.41) is 18.5. The molecule has 2 saturated heterocycles. The summed E-state index contributed by atoms with van der Waals surface area (Å²) in [4.78, 5) is 31.3. The maximum atomic E-state index is 13.5. The first kappa shape index (κ1) is 27.1. The first-order valence-corrected chi connectivity index (χ1v) is 14.3. The van der Waals surface area contributed by atoms with Gasteiger partial charge in [0, 0.05) is 37.4 Å². The summed E-state index contributed by atoms with van der Waals surface area (Å²) in [6.45, 7) is 13.1. The predicted octanol–water partition coefficient (Wildman–Crippen LogP) is 3.48. The van der Waals surface area contributed by atoms with Crippen LogP contribution in [-0.4, -0.2) is 73.8 Å². The largest absolute Gasteiger partial charge is 0.390 e. The predicted molar refractivity (Wildman–Crippen MR) is 140 cm³/mol. The van der Waals surface area contributed by atoms with Gasteiger partial charge >= 0.3 is 0 Å². The molecule has 0 bridgehead atoms. The average molecular weight is 502 g/mol. The van der Waals surface area contributed by atoms with Crippen LogP contribution in [0.15, 0.2) is 0 Å². The van der Waals surface area contributed by atoms with Gasteiger partial charge in [0.1, 0.15) is 11.6 Å². The highest BCUT2D eigenvalue weighted by Gasteiger charge is 2.54. The van der Waals surface area contributed by atoms with Crippen LogP contribution in [0.1, 0.15) is 102 Å². The number of carbonyl (C=O) groups is 2. The lowest BCUT2D eigenvalue weighted by atomic mass is 9.80. The highest BCUT2D eigenvalue weighted by molar-refractivity contribution is 6.00. The Morgan fingerprint density at radius 1 is 1.11 bits per heavy atom. The number of carbonyl (C=O) groups excluding carboxylic acids is 2. The second-order valence-corrected chi connectivity index (χ2v) is 11.7. The van der Waals surface area contributed by atoms with Crippen molar-refractivity contribution in [3.05, 3.63) is 17.0 Å². The maximum Gasteiger partial charge on any atom is 0.248 e. The molecule has 0 aromatic carbocycles. The Labute approximate surface area is 216 Å². The topological polar surface area (TPSA) is 90.7 Å². The van der Waals surface area contributed by atoms with Crippen LogP contribution in [0.25, 0.3) is 0 Å². The average Bonchev–Trinajstić information content (AvgIpc) is 3.15. The van der Waals surface area contributed by atoms with Crippen LogP contribution in [-0.2, 0) is 16.1 Å². The van der Waals surface area contributed by atoms with Crippen LogP contribution in [0.5, 0.6) is 0 Å². The summed E-state index contributed by atoms with van der Waals surface area (Å²) in [7, 11) is 0. The van der Waals surface area contributed by atoms with E-state index in [9.17, 15) is 14.7 Å². The number of aliphatic hydroxyl groups is 1. The van der Waals surface area contributed by atoms with Gasteiger partial charge in [-0.25, -0.2) is 0 Å². The first-order chi connectivity index (χ1) is 17.2. The lowest BCUT2D eigenvalue weighted by Gasteiger charge is -2.52. The van der Waals surface area contributed by atoms with E-state index in [1.54, 1.807) is 0 Å². The van der Waals surface area contributed by atoms with Crippen LogP contribution >= 0.6 is 0 Å². The van der Waals surface area contributed by atoms with E-state index in [2.05, 4.69) is 35.7 Å². The number of hydrogen-bond acceptors (Lipinski definition) is 5. The Morgan fingerprint density at radius 2 is 1.78 bits per heavy atom. The van der Waals surface area contributed by atoms with Gasteiger partial charge in [0.25, 0.3) is 0 Å². The number of amides is 2. The van der Waals surface area contributed by atoms with Gasteiger partial charge in [-0.15, -0.1) is 0 Å². The Hall–Kier alpha value is -1.93. The van der Waals surface area contributed by atoms with Crippen LogP contribution in [0, 0.1) is 19.8 Å². The molecule has 36 heavy (non-hydrogen) atoms. The molecule has 1 aromatic rings. The van der Waals surface area contributed by atoms with Crippen molar-refractivity contribution in [2.45, 2.75) is 123 Å². The highest BCUT2D eigenvalue weighted by Crippen LogP contribution is 2.36. The first-order valence-electron chi connectivity index (χ1n) is 14.3. The van der Waals surface area contributed by atoms with Crippen LogP contribution in [0.2, 0.25) is 0 Å². The van der Waals surface area contributed by atoms with E-state index in [0.29, 0.717) is 25.4 Å². The number of aryl methyl sites for hydroxylation is 1. The number of unbranched alkanes of at least 4 members (excludes halogenated alkanes) is 1. The molecule has 202 valence electrons. The van der Waals surface area contributed by atoms with E-state index in [1.165, 1.54) is 43.4 Å². The number of likely N-dealkylation sites (tertiary alicyclic amines) is 1. The molecule has 3 aliphatic rings. The smallest absolute Gasteiger partial charge is 0.248 e. The van der Waals surface area contributed by atoms with Crippen molar-refractivity contribution >= 4 is 11.8 Å². The van der Waals surface area contributed by atoms with E-state index >= 15 is 0 Å². The number of nitrogens with one attached hydrogen (secondary N) is 1. The fourth-order valence-corrected chi connectivity index (χ4v) is 6.50. The zero-order chi connectivity index (χ0) is 26.0. The molecular formula is C28H47N5O3. The van der Waals surface area contributed by atoms with Crippen LogP contribution < -0.4 is 5.32 Å². The summed E-state index contributed by atoms with van der Waals surface area (Å²) >= 11 is 0. The van der Waals surface area contributed by atoms with Gasteiger partial charge in [0.05, 0.1) is 17.8 Å². The van der Waals surface area contributed by atoms with Crippen molar-refractivity contribution in [1.82, 2.24) is 24.9 Å². The van der Waals surface area contributed by atoms with Crippen molar-refractivity contribution in [2.24, 2.45) is 5.92 Å². The zero-order valence-electron chi connectivity index (χ0n) is 23.1. The maximum absolute atomic E-state index is 13.5. The number of aliphatic hydroxyl groups excluding tert-OH is 1. The minimum atomic E-state index is -0.880. The number of piperidine rings is 1. The molecule has 8 heteroatoms. The fourth-order valence-electron chi connectivity index (χ4n) is 6.50. The Balaban J connectivity index is 1.48. The molecule has 1 aromatic heterocycles. The number of rotatable bonds is 8. The van der Waals surface area contributed by atoms with Gasteiger partial charge < -0.3 is 15.3 Å². The van der Waals surface area contributed by atoms with Gasteiger partial charge in [-0.2, -0.15) is 5.10 Å². The van der Waals surface area contributed by atoms with E-state index in [4.69, 9.17) is 5.10 Å². The third-order valence-corrected chi connectivity index (χ3v) is 8.98. The molecule has 2 amide bonds. The van der Waals surface area contributed by atoms with Crippen LogP contribution in [0.4, 0.5) is 0 Å². The van der Waals surface area contributed by atoms with Crippen molar-refractivity contribution in [3.63, 3.8) is 0 Å². The minimum Gasteiger partial charge on any atom is -0.390 e. The van der Waals surface area contributed by atoms with Gasteiger partial charge in [-0.3, -0.25) is 19.2 Å². The van der Waals surface area contributed by atoms with Gasteiger partial charge in [0.2, 0.25) is 11.8 Å². The van der Waals surface area contributed by atoms with E-state index in [0.717, 1.165) is 38.2 Å². The fraction of sp³-hybridized carbons (Fsp3) is 0.821. The molecule has 1 spiro atoms. The molecule has 2 atom stereocenters. The van der Waals surface area contributed by atoms with Gasteiger partial charge in [-0.05, 0) is 51.9 Å². The Bertz CT molecular complexity index is 928. The quantitative estimate of drug-likeness (QED) is 0.569. The molecule has 2 unspecified atom stereocenters. The molecule has 2 N–H and O–H groups in total. The second-order valence-electron chi connectivity index (χ2n) is 11.7. The van der Waals surface area contributed by atoms with Gasteiger partial charge in [-0.1, -0.05) is 46.5 Å². The second kappa shape index (κ2) is 11.2. The third kappa shape index (κ3) is 5.08. The summed E-state index contributed by atoms with van der Waals surface area (Å²) in [6, 6.07) is -0.331. The van der Waals surface area contributed by atoms with Gasteiger partial charge in [0.15, 0.2) is 0 Å². The van der Waals surface area contributed by atoms with E-state index in [1.807, 2.05) is 18.7 Å². The van der Waals surface area contributed by atoms with Crippen molar-refractivity contribution in [2.75, 3.05) is 19.6 Å². The standard InChI is InChI=1S/C28H47N5O3/c1-6-7-15-32-26(35)24(25(34)19(2)3)29-27(36)28(32)13-16-31(17-14-28)18-23-20(4)30-33(21(23)5)22-11-9-8-10-12-22/h19,22,24-25,34H,6-18H2,1-5H3,(H,29,36). The summed E-state index contributed by atoms with van der Waals surface area (Å²) in [6.07, 6.45) is 8.51. The van der Waals surface area contributed by atoms with Crippen molar-refractivity contribution in [1.29, 1.82) is 0 Å². The van der Waals surface area contributed by atoms with Crippen LogP contribution in [0.3, 0.4) is 0 Å². The lowest BCUT2D eigenvalue weighted by molar-refractivity contribution is -0.165. The van der Waals surface area contributed by atoms with E-state index < -0.39 is 17.7 Å². The summed E-state index contributed by atoms with van der Waals surface area (Å²) < 4.78 is 2.27.